The molecule has 1 saturated carbocycles. The number of nitrogens with zero attached hydrogens (tertiary/aromatic N) is 1. The van der Waals surface area contributed by atoms with E-state index >= 15 is 0 Å². The molecular weight excluding hydrogens is 254 g/mol. The average Bonchev–Trinajstić information content (AvgIpc) is 2.68. The maximum atomic E-state index is 12.6. The highest BCUT2D eigenvalue weighted by Crippen LogP contribution is 2.43. The smallest absolute Gasteiger partial charge is 0.303 e. The molecule has 0 aromatic heterocycles. The predicted molar refractivity (Wildman–Crippen MR) is 77.3 cm³/mol. The van der Waals surface area contributed by atoms with E-state index in [9.17, 15) is 14.7 Å². The lowest BCUT2D eigenvalue weighted by atomic mass is 9.69. The molecule has 114 valence electrons. The summed E-state index contributed by atoms with van der Waals surface area (Å²) in [5, 5.41) is 9.18. The van der Waals surface area contributed by atoms with Gasteiger partial charge in [-0.15, -0.1) is 0 Å². The standard InChI is InChI=1S/C16H27NO3/c1-12-8-13(2)17(11-12)14(18)9-16(10-15(19)20)6-4-3-5-7-16/h12-13H,3-11H2,1-2H3,(H,19,20). The zero-order chi connectivity index (χ0) is 14.8. The van der Waals surface area contributed by atoms with Crippen LogP contribution in [-0.2, 0) is 9.59 Å². The Kier molecular flexibility index (Phi) is 4.71. The Labute approximate surface area is 121 Å². The number of carbonyl (C=O) groups is 2. The Bertz CT molecular complexity index is 374. The van der Waals surface area contributed by atoms with E-state index in [2.05, 4.69) is 13.8 Å². The van der Waals surface area contributed by atoms with Gasteiger partial charge in [-0.25, -0.2) is 0 Å². The van der Waals surface area contributed by atoms with Crippen LogP contribution in [0, 0.1) is 11.3 Å². The molecule has 4 heteroatoms. The van der Waals surface area contributed by atoms with Gasteiger partial charge in [0.05, 0.1) is 6.42 Å². The number of rotatable bonds is 4. The van der Waals surface area contributed by atoms with Crippen molar-refractivity contribution in [1.29, 1.82) is 0 Å². The number of hydrogen-bond donors (Lipinski definition) is 1. The van der Waals surface area contributed by atoms with Crippen molar-refractivity contribution < 1.29 is 14.7 Å². The molecule has 2 fully saturated rings. The molecular formula is C16H27NO3. The number of carboxylic acids is 1. The van der Waals surface area contributed by atoms with Crippen LogP contribution in [0.15, 0.2) is 0 Å². The highest BCUT2D eigenvalue weighted by molar-refractivity contribution is 5.79. The van der Waals surface area contributed by atoms with Gasteiger partial charge < -0.3 is 10.0 Å². The molecule has 2 rings (SSSR count). The number of aliphatic carboxylic acids is 1. The minimum absolute atomic E-state index is 0.149. The van der Waals surface area contributed by atoms with Gasteiger partial charge in [-0.05, 0) is 37.5 Å². The summed E-state index contributed by atoms with van der Waals surface area (Å²) in [6.45, 7) is 5.12. The monoisotopic (exact) mass is 281 g/mol. The van der Waals surface area contributed by atoms with E-state index in [0.29, 0.717) is 18.4 Å². The maximum Gasteiger partial charge on any atom is 0.303 e. The maximum absolute atomic E-state index is 12.6. The second-order valence-corrected chi connectivity index (χ2v) is 7.04. The van der Waals surface area contributed by atoms with E-state index in [4.69, 9.17) is 0 Å². The largest absolute Gasteiger partial charge is 0.481 e. The molecule has 0 aromatic carbocycles. The van der Waals surface area contributed by atoms with Crippen LogP contribution in [0.5, 0.6) is 0 Å². The summed E-state index contributed by atoms with van der Waals surface area (Å²) >= 11 is 0. The van der Waals surface area contributed by atoms with Crippen LogP contribution in [0.4, 0.5) is 0 Å². The van der Waals surface area contributed by atoms with Crippen LogP contribution in [0.3, 0.4) is 0 Å². The van der Waals surface area contributed by atoms with E-state index in [1.54, 1.807) is 0 Å². The number of hydrogen-bond acceptors (Lipinski definition) is 2. The highest BCUT2D eigenvalue weighted by Gasteiger charge is 2.39. The lowest BCUT2D eigenvalue weighted by molar-refractivity contribution is -0.142. The molecule has 1 N–H and O–H groups in total. The van der Waals surface area contributed by atoms with Crippen molar-refractivity contribution in [3.8, 4) is 0 Å². The Morgan fingerprint density at radius 1 is 1.15 bits per heavy atom. The minimum Gasteiger partial charge on any atom is -0.481 e. The summed E-state index contributed by atoms with van der Waals surface area (Å²) in [6, 6.07) is 0.308. The minimum atomic E-state index is -0.762. The summed E-state index contributed by atoms with van der Waals surface area (Å²) in [4.78, 5) is 25.7. The predicted octanol–water partition coefficient (Wildman–Crippen LogP) is 3.06. The molecule has 0 aromatic rings. The van der Waals surface area contributed by atoms with E-state index in [-0.39, 0.29) is 17.7 Å². The molecule has 20 heavy (non-hydrogen) atoms. The van der Waals surface area contributed by atoms with Gasteiger partial charge in [0.2, 0.25) is 5.91 Å². The summed E-state index contributed by atoms with van der Waals surface area (Å²) in [6.07, 6.45) is 6.72. The number of amides is 1. The number of carboxylic acid groups (broad SMARTS) is 1. The fraction of sp³-hybridized carbons (Fsp3) is 0.875. The first-order valence-electron chi connectivity index (χ1n) is 7.93. The number of likely N-dealkylation sites (tertiary alicyclic amines) is 1. The third-order valence-corrected chi connectivity index (χ3v) is 5.07. The van der Waals surface area contributed by atoms with E-state index in [0.717, 1.165) is 38.6 Å². The van der Waals surface area contributed by atoms with Crippen molar-refractivity contribution in [2.75, 3.05) is 6.54 Å². The zero-order valence-electron chi connectivity index (χ0n) is 12.7. The van der Waals surface area contributed by atoms with Gasteiger partial charge in [0, 0.05) is 19.0 Å². The van der Waals surface area contributed by atoms with Crippen LogP contribution in [-0.4, -0.2) is 34.5 Å². The van der Waals surface area contributed by atoms with Crippen LogP contribution >= 0.6 is 0 Å². The van der Waals surface area contributed by atoms with Crippen LogP contribution in [0.1, 0.15) is 65.2 Å². The number of carbonyl (C=O) groups excluding carboxylic acids is 1. The van der Waals surface area contributed by atoms with Gasteiger partial charge in [-0.3, -0.25) is 9.59 Å². The van der Waals surface area contributed by atoms with Gasteiger partial charge >= 0.3 is 5.97 Å². The molecule has 2 unspecified atom stereocenters. The summed E-state index contributed by atoms with van der Waals surface area (Å²) < 4.78 is 0. The molecule has 1 aliphatic heterocycles. The normalized spacial score (nSPS) is 29.4. The molecule has 0 bridgehead atoms. The molecule has 1 heterocycles. The Morgan fingerprint density at radius 2 is 1.80 bits per heavy atom. The van der Waals surface area contributed by atoms with Gasteiger partial charge in [0.25, 0.3) is 0 Å². The molecule has 0 spiro atoms. The first-order chi connectivity index (χ1) is 9.42. The average molecular weight is 281 g/mol. The fourth-order valence-electron chi connectivity index (χ4n) is 4.11. The van der Waals surface area contributed by atoms with Crippen molar-refractivity contribution in [2.45, 2.75) is 71.3 Å². The second-order valence-electron chi connectivity index (χ2n) is 7.04. The molecule has 0 radical (unpaired) electrons. The topological polar surface area (TPSA) is 57.6 Å². The third kappa shape index (κ3) is 3.53. The molecule has 2 aliphatic rings. The zero-order valence-corrected chi connectivity index (χ0v) is 12.7. The molecule has 1 aliphatic carbocycles. The van der Waals surface area contributed by atoms with Gasteiger partial charge in [-0.2, -0.15) is 0 Å². The highest BCUT2D eigenvalue weighted by atomic mass is 16.4. The van der Waals surface area contributed by atoms with Gasteiger partial charge in [0.1, 0.15) is 0 Å². The van der Waals surface area contributed by atoms with Gasteiger partial charge in [0.15, 0.2) is 0 Å². The second kappa shape index (κ2) is 6.15. The van der Waals surface area contributed by atoms with Crippen LogP contribution in [0.2, 0.25) is 0 Å². The van der Waals surface area contributed by atoms with Crippen molar-refractivity contribution >= 4 is 11.9 Å². The molecule has 4 nitrogen and oxygen atoms in total. The first kappa shape index (κ1) is 15.3. The van der Waals surface area contributed by atoms with E-state index in [1.807, 2.05) is 4.90 Å². The molecule has 1 amide bonds. The lowest BCUT2D eigenvalue weighted by Crippen LogP contribution is -2.39. The van der Waals surface area contributed by atoms with Crippen molar-refractivity contribution in [1.82, 2.24) is 4.90 Å². The van der Waals surface area contributed by atoms with Crippen molar-refractivity contribution in [2.24, 2.45) is 11.3 Å². The SMILES string of the molecule is CC1CC(C)N(C(=O)CC2(CC(=O)O)CCCCC2)C1. The first-order valence-corrected chi connectivity index (χ1v) is 7.93. The van der Waals surface area contributed by atoms with Crippen molar-refractivity contribution in [3.05, 3.63) is 0 Å². The Morgan fingerprint density at radius 3 is 2.30 bits per heavy atom. The molecule has 2 atom stereocenters. The van der Waals surface area contributed by atoms with Crippen LogP contribution < -0.4 is 0 Å². The lowest BCUT2D eigenvalue weighted by Gasteiger charge is -2.37. The van der Waals surface area contributed by atoms with Gasteiger partial charge in [-0.1, -0.05) is 26.2 Å². The summed E-state index contributed by atoms with van der Waals surface area (Å²) in [7, 11) is 0. The van der Waals surface area contributed by atoms with Crippen molar-refractivity contribution in [3.63, 3.8) is 0 Å². The Hall–Kier alpha value is -1.06. The van der Waals surface area contributed by atoms with E-state index < -0.39 is 5.97 Å². The van der Waals surface area contributed by atoms with E-state index in [1.165, 1.54) is 6.42 Å². The molecule has 1 saturated heterocycles. The summed E-state index contributed by atoms with van der Waals surface area (Å²) in [5.41, 5.74) is -0.285. The van der Waals surface area contributed by atoms with Crippen LogP contribution in [0.25, 0.3) is 0 Å². The fourth-order valence-corrected chi connectivity index (χ4v) is 4.11. The third-order valence-electron chi connectivity index (χ3n) is 5.07. The Balaban J connectivity index is 2.03. The summed E-state index contributed by atoms with van der Waals surface area (Å²) in [5.74, 6) is -0.0248. The quantitative estimate of drug-likeness (QED) is 0.861.